The molecule has 0 radical (unpaired) electrons. The first-order valence-corrected chi connectivity index (χ1v) is 11.7. The Morgan fingerprint density at radius 3 is 2.66 bits per heavy atom. The minimum Gasteiger partial charge on any atom is -0.481 e. The Bertz CT molecular complexity index is 1240. The van der Waals surface area contributed by atoms with Gasteiger partial charge in [0.25, 0.3) is 0 Å². The number of aromatic nitrogens is 2. The highest BCUT2D eigenvalue weighted by atomic mass is 32.2. The first-order valence-electron chi connectivity index (χ1n) is 10.8. The summed E-state index contributed by atoms with van der Waals surface area (Å²) in [6.45, 7) is 2.46. The van der Waals surface area contributed by atoms with Gasteiger partial charge >= 0.3 is 12.1 Å². The summed E-state index contributed by atoms with van der Waals surface area (Å²) in [5.74, 6) is -1.13. The maximum atomic E-state index is 14.0. The van der Waals surface area contributed by atoms with Crippen molar-refractivity contribution in [1.82, 2.24) is 9.97 Å². The number of nitrogens with one attached hydrogen (secondary N) is 1. The third-order valence-corrected chi connectivity index (χ3v) is 6.53. The number of nitrogens with zero attached hydrogens (tertiary/aromatic N) is 3. The van der Waals surface area contributed by atoms with E-state index >= 15 is 0 Å². The topological polar surface area (TPSA) is 78.4 Å². The van der Waals surface area contributed by atoms with Gasteiger partial charge in [0, 0.05) is 30.6 Å². The number of aliphatic carboxylic acids is 1. The van der Waals surface area contributed by atoms with Gasteiger partial charge in [0.05, 0.1) is 17.2 Å². The second-order valence-corrected chi connectivity index (χ2v) is 8.99. The lowest BCUT2D eigenvalue weighted by Crippen LogP contribution is -2.39. The Hall–Kier alpha value is -3.34. The molecule has 0 spiro atoms. The molecule has 0 bridgehead atoms. The molecule has 2 N–H and O–H groups in total. The summed E-state index contributed by atoms with van der Waals surface area (Å²) >= 11 is 1.06. The number of piperidine rings is 1. The third kappa shape index (κ3) is 5.67. The number of hydrogen-bond acceptors (Lipinski definition) is 6. The second-order valence-electron chi connectivity index (χ2n) is 8.16. The van der Waals surface area contributed by atoms with Crippen LogP contribution in [0.15, 0.2) is 53.6 Å². The quantitative estimate of drug-likeness (QED) is 0.312. The average molecular weight is 507 g/mol. The Kier molecular flexibility index (Phi) is 7.15. The zero-order valence-corrected chi connectivity index (χ0v) is 19.5. The van der Waals surface area contributed by atoms with Gasteiger partial charge in [0.15, 0.2) is 0 Å². The van der Waals surface area contributed by atoms with Gasteiger partial charge in [-0.2, -0.15) is 13.2 Å². The lowest BCUT2D eigenvalue weighted by molar-refractivity contribution is -0.142. The van der Waals surface area contributed by atoms with Gasteiger partial charge < -0.3 is 14.7 Å². The molecule has 4 rings (SSSR count). The van der Waals surface area contributed by atoms with Crippen LogP contribution in [0.5, 0.6) is 0 Å². The maximum Gasteiger partial charge on any atom is 0.418 e. The van der Waals surface area contributed by atoms with Crippen LogP contribution in [-0.2, 0) is 11.0 Å². The number of hydrogen-bond donors (Lipinski definition) is 2. The highest BCUT2D eigenvalue weighted by Crippen LogP contribution is 2.38. The summed E-state index contributed by atoms with van der Waals surface area (Å²) < 4.78 is 57.9. The molecule has 35 heavy (non-hydrogen) atoms. The van der Waals surface area contributed by atoms with E-state index < -0.39 is 29.4 Å². The summed E-state index contributed by atoms with van der Waals surface area (Å²) in [7, 11) is 0. The van der Waals surface area contributed by atoms with Crippen molar-refractivity contribution in [3.63, 3.8) is 0 Å². The highest BCUT2D eigenvalue weighted by molar-refractivity contribution is 8.00. The summed E-state index contributed by atoms with van der Waals surface area (Å²) in [4.78, 5) is 22.0. The van der Waals surface area contributed by atoms with E-state index in [9.17, 15) is 27.5 Å². The number of alkyl halides is 3. The van der Waals surface area contributed by atoms with Crippen LogP contribution in [0.4, 0.5) is 29.2 Å². The van der Waals surface area contributed by atoms with Gasteiger partial charge in [0.1, 0.15) is 22.5 Å². The number of carboxylic acid groups (broad SMARTS) is 1. The van der Waals surface area contributed by atoms with Crippen LogP contribution < -0.4 is 9.62 Å². The van der Waals surface area contributed by atoms with Gasteiger partial charge in [-0.1, -0.05) is 18.2 Å². The smallest absolute Gasteiger partial charge is 0.418 e. The number of rotatable bonds is 6. The van der Waals surface area contributed by atoms with Crippen molar-refractivity contribution in [3.8, 4) is 11.3 Å². The Morgan fingerprint density at radius 2 is 1.91 bits per heavy atom. The molecule has 1 unspecified atom stereocenters. The maximum absolute atomic E-state index is 14.0. The molecule has 0 aliphatic carbocycles. The fraction of sp³-hybridized carbons (Fsp3) is 0.292. The average Bonchev–Trinajstić information content (AvgIpc) is 2.84. The highest BCUT2D eigenvalue weighted by Gasteiger charge is 2.35. The van der Waals surface area contributed by atoms with Crippen molar-refractivity contribution in [2.75, 3.05) is 22.7 Å². The van der Waals surface area contributed by atoms with Crippen LogP contribution in [0.2, 0.25) is 0 Å². The Balaban J connectivity index is 1.56. The molecule has 6 nitrogen and oxygen atoms in total. The number of benzene rings is 1. The summed E-state index contributed by atoms with van der Waals surface area (Å²) in [5, 5.41) is 9.85. The van der Waals surface area contributed by atoms with Gasteiger partial charge in [-0.15, -0.1) is 0 Å². The molecular weight excluding hydrogens is 484 g/mol. The molecule has 184 valence electrons. The number of pyridine rings is 2. The van der Waals surface area contributed by atoms with Crippen molar-refractivity contribution in [3.05, 3.63) is 65.5 Å². The van der Waals surface area contributed by atoms with E-state index in [4.69, 9.17) is 0 Å². The van der Waals surface area contributed by atoms with Crippen LogP contribution in [0, 0.1) is 18.7 Å². The van der Waals surface area contributed by atoms with Crippen molar-refractivity contribution >= 4 is 29.6 Å². The normalized spacial score (nSPS) is 16.3. The second kappa shape index (κ2) is 10.1. The van der Waals surface area contributed by atoms with Crippen molar-refractivity contribution in [2.45, 2.75) is 31.0 Å². The number of halogens is 4. The molecule has 2 aromatic heterocycles. The molecule has 1 fully saturated rings. The van der Waals surface area contributed by atoms with Crippen LogP contribution in [-0.4, -0.2) is 34.1 Å². The first kappa shape index (κ1) is 24.8. The molecular formula is C24H22F4N4O2S. The summed E-state index contributed by atoms with van der Waals surface area (Å²) in [6, 6.07) is 11.3. The fourth-order valence-corrected chi connectivity index (χ4v) is 4.55. The zero-order valence-electron chi connectivity index (χ0n) is 18.6. The van der Waals surface area contributed by atoms with Gasteiger partial charge in [0.2, 0.25) is 0 Å². The minimum absolute atomic E-state index is 0.0594. The van der Waals surface area contributed by atoms with Gasteiger partial charge in [-0.25, -0.2) is 14.4 Å². The zero-order chi connectivity index (χ0) is 25.2. The van der Waals surface area contributed by atoms with Gasteiger partial charge in [-0.3, -0.25) is 4.79 Å². The SMILES string of the molecule is Cc1c(F)cccc1-c1nc(NSc2cccc(N3CCCC(C(=O)O)C3)n2)ccc1C(F)(F)F. The van der Waals surface area contributed by atoms with E-state index in [1.807, 2.05) is 4.90 Å². The Labute approximate surface area is 203 Å². The molecule has 0 saturated carbocycles. The van der Waals surface area contributed by atoms with Crippen LogP contribution >= 0.6 is 11.9 Å². The first-order chi connectivity index (χ1) is 16.6. The predicted molar refractivity (Wildman–Crippen MR) is 126 cm³/mol. The van der Waals surface area contributed by atoms with Crippen molar-refractivity contribution in [1.29, 1.82) is 0 Å². The van der Waals surface area contributed by atoms with E-state index in [-0.39, 0.29) is 22.6 Å². The standard InChI is InChI=1S/C24H22F4N4O2S/c1-14-16(6-2-7-18(14)25)22-17(24(26,27)28)10-11-19(29-22)31-35-21-9-3-8-20(30-21)32-12-4-5-15(13-32)23(33)34/h2-3,6-11,15H,4-5,12-13H2,1H3,(H,29,31)(H,33,34). The monoisotopic (exact) mass is 506 g/mol. The largest absolute Gasteiger partial charge is 0.481 e. The van der Waals surface area contributed by atoms with E-state index in [1.54, 1.807) is 18.2 Å². The molecule has 1 atom stereocenters. The van der Waals surface area contributed by atoms with Crippen LogP contribution in [0.25, 0.3) is 11.3 Å². The van der Waals surface area contributed by atoms with E-state index in [1.165, 1.54) is 31.2 Å². The molecule has 1 aliphatic rings. The predicted octanol–water partition coefficient (Wildman–Crippen LogP) is 6.03. The van der Waals surface area contributed by atoms with Crippen molar-refractivity contribution in [2.24, 2.45) is 5.92 Å². The van der Waals surface area contributed by atoms with E-state index in [0.717, 1.165) is 24.4 Å². The van der Waals surface area contributed by atoms with Crippen molar-refractivity contribution < 1.29 is 27.5 Å². The number of anilines is 2. The number of carboxylic acids is 1. The molecule has 0 amide bonds. The number of carbonyl (C=O) groups is 1. The molecule has 3 aromatic rings. The molecule has 1 saturated heterocycles. The lowest BCUT2D eigenvalue weighted by Gasteiger charge is -2.31. The van der Waals surface area contributed by atoms with Gasteiger partial charge in [-0.05, 0) is 55.7 Å². The third-order valence-electron chi connectivity index (χ3n) is 5.79. The minimum atomic E-state index is -4.66. The van der Waals surface area contributed by atoms with Crippen LogP contribution in [0.3, 0.4) is 0 Å². The molecule has 1 aromatic carbocycles. The molecule has 1 aliphatic heterocycles. The Morgan fingerprint density at radius 1 is 1.14 bits per heavy atom. The lowest BCUT2D eigenvalue weighted by atomic mass is 9.98. The summed E-state index contributed by atoms with van der Waals surface area (Å²) in [6.07, 6.45) is -3.30. The fourth-order valence-electron chi connectivity index (χ4n) is 3.94. The van der Waals surface area contributed by atoms with Crippen LogP contribution in [0.1, 0.15) is 24.0 Å². The molecule has 11 heteroatoms. The molecule has 3 heterocycles. The summed E-state index contributed by atoms with van der Waals surface area (Å²) in [5.41, 5.74) is -1.19. The van der Waals surface area contributed by atoms with E-state index in [0.29, 0.717) is 30.4 Å². The van der Waals surface area contributed by atoms with E-state index in [2.05, 4.69) is 14.7 Å².